The summed E-state index contributed by atoms with van der Waals surface area (Å²) in [4.78, 5) is 2.47. The SMILES string of the molecule is CC(C)C1CC(N(C)CC2CNCCO2)CCO1. The molecule has 2 heterocycles. The number of hydrogen-bond donors (Lipinski definition) is 1. The molecular weight excluding hydrogens is 228 g/mol. The van der Waals surface area contributed by atoms with Gasteiger partial charge in [0, 0.05) is 32.3 Å². The van der Waals surface area contributed by atoms with Crippen molar-refractivity contribution in [2.75, 3.05) is 39.9 Å². The lowest BCUT2D eigenvalue weighted by atomic mass is 9.94. The molecule has 0 radical (unpaired) electrons. The predicted octanol–water partition coefficient (Wildman–Crippen LogP) is 1.11. The van der Waals surface area contributed by atoms with E-state index in [4.69, 9.17) is 9.47 Å². The van der Waals surface area contributed by atoms with E-state index in [9.17, 15) is 0 Å². The molecule has 0 aromatic carbocycles. The van der Waals surface area contributed by atoms with Gasteiger partial charge < -0.3 is 19.7 Å². The molecule has 0 spiro atoms. The zero-order chi connectivity index (χ0) is 13.0. The van der Waals surface area contributed by atoms with Crippen LogP contribution in [0.5, 0.6) is 0 Å². The lowest BCUT2D eigenvalue weighted by Crippen LogP contribution is -2.49. The Kier molecular flexibility index (Phi) is 5.42. The highest BCUT2D eigenvalue weighted by molar-refractivity contribution is 4.82. The molecule has 0 amide bonds. The normalized spacial score (nSPS) is 34.2. The van der Waals surface area contributed by atoms with Gasteiger partial charge in [-0.25, -0.2) is 0 Å². The van der Waals surface area contributed by atoms with Crippen molar-refractivity contribution in [1.82, 2.24) is 10.2 Å². The van der Waals surface area contributed by atoms with Gasteiger partial charge in [-0.05, 0) is 25.8 Å². The van der Waals surface area contributed by atoms with Gasteiger partial charge in [-0.3, -0.25) is 0 Å². The molecule has 0 aromatic rings. The van der Waals surface area contributed by atoms with Crippen LogP contribution in [0, 0.1) is 5.92 Å². The van der Waals surface area contributed by atoms with Crippen molar-refractivity contribution in [1.29, 1.82) is 0 Å². The Morgan fingerprint density at radius 1 is 1.28 bits per heavy atom. The van der Waals surface area contributed by atoms with Crippen LogP contribution in [0.2, 0.25) is 0 Å². The maximum Gasteiger partial charge on any atom is 0.0826 e. The molecule has 2 fully saturated rings. The Morgan fingerprint density at radius 2 is 2.11 bits per heavy atom. The number of nitrogens with one attached hydrogen (secondary N) is 1. The molecule has 2 rings (SSSR count). The number of rotatable bonds is 4. The summed E-state index contributed by atoms with van der Waals surface area (Å²) < 4.78 is 11.6. The molecule has 2 aliphatic heterocycles. The van der Waals surface area contributed by atoms with Gasteiger partial charge in [-0.15, -0.1) is 0 Å². The average Bonchev–Trinajstić information content (AvgIpc) is 2.40. The second kappa shape index (κ2) is 6.85. The Morgan fingerprint density at radius 3 is 2.78 bits per heavy atom. The number of morpholine rings is 1. The van der Waals surface area contributed by atoms with Crippen LogP contribution in [0.25, 0.3) is 0 Å². The summed E-state index contributed by atoms with van der Waals surface area (Å²) in [5, 5.41) is 3.39. The molecule has 2 saturated heterocycles. The summed E-state index contributed by atoms with van der Waals surface area (Å²) in [6, 6.07) is 0.650. The quantitative estimate of drug-likeness (QED) is 0.817. The number of likely N-dealkylation sites (N-methyl/N-ethyl adjacent to an activating group) is 1. The highest BCUT2D eigenvalue weighted by Gasteiger charge is 2.28. The standard InChI is InChI=1S/C14H28N2O2/c1-11(2)14-8-12(4-6-18-14)16(3)10-13-9-15-5-7-17-13/h11-15H,4-10H2,1-3H3. The van der Waals surface area contributed by atoms with E-state index < -0.39 is 0 Å². The van der Waals surface area contributed by atoms with Crippen LogP contribution < -0.4 is 5.32 Å². The molecule has 0 bridgehead atoms. The molecule has 18 heavy (non-hydrogen) atoms. The molecule has 0 saturated carbocycles. The first kappa shape index (κ1) is 14.3. The summed E-state index contributed by atoms with van der Waals surface area (Å²) in [5.41, 5.74) is 0. The van der Waals surface area contributed by atoms with Crippen LogP contribution in [0.1, 0.15) is 26.7 Å². The van der Waals surface area contributed by atoms with Crippen molar-refractivity contribution in [3.8, 4) is 0 Å². The summed E-state index contributed by atoms with van der Waals surface area (Å²) in [6.45, 7) is 9.27. The third-order valence-corrected chi connectivity index (χ3v) is 4.15. The minimum absolute atomic E-state index is 0.351. The Labute approximate surface area is 111 Å². The number of ether oxygens (including phenoxy) is 2. The summed E-state index contributed by atoms with van der Waals surface area (Å²) >= 11 is 0. The van der Waals surface area contributed by atoms with Crippen molar-refractivity contribution in [3.63, 3.8) is 0 Å². The molecule has 106 valence electrons. The Hall–Kier alpha value is -0.160. The topological polar surface area (TPSA) is 33.7 Å². The molecule has 4 heteroatoms. The van der Waals surface area contributed by atoms with E-state index in [0.29, 0.717) is 24.2 Å². The largest absolute Gasteiger partial charge is 0.378 e. The Balaban J connectivity index is 1.78. The van der Waals surface area contributed by atoms with Crippen molar-refractivity contribution in [2.45, 2.75) is 44.9 Å². The fourth-order valence-corrected chi connectivity index (χ4v) is 2.88. The number of hydrogen-bond acceptors (Lipinski definition) is 4. The first-order valence-electron chi connectivity index (χ1n) is 7.31. The van der Waals surface area contributed by atoms with Gasteiger partial charge in [0.2, 0.25) is 0 Å². The zero-order valence-corrected chi connectivity index (χ0v) is 12.0. The molecule has 4 nitrogen and oxygen atoms in total. The first-order valence-corrected chi connectivity index (χ1v) is 7.31. The molecule has 3 unspecified atom stereocenters. The number of nitrogens with zero attached hydrogens (tertiary/aromatic N) is 1. The summed E-state index contributed by atoms with van der Waals surface area (Å²) in [7, 11) is 2.23. The van der Waals surface area contributed by atoms with Crippen molar-refractivity contribution < 1.29 is 9.47 Å². The van der Waals surface area contributed by atoms with Crippen molar-refractivity contribution in [2.24, 2.45) is 5.92 Å². The van der Waals surface area contributed by atoms with E-state index in [1.807, 2.05) is 0 Å². The fraction of sp³-hybridized carbons (Fsp3) is 1.00. The van der Waals surface area contributed by atoms with Crippen LogP contribution in [-0.4, -0.2) is 63.0 Å². The summed E-state index contributed by atoms with van der Waals surface area (Å²) in [6.07, 6.45) is 3.09. The summed E-state index contributed by atoms with van der Waals surface area (Å²) in [5.74, 6) is 0.619. The average molecular weight is 256 g/mol. The monoisotopic (exact) mass is 256 g/mol. The van der Waals surface area contributed by atoms with Crippen LogP contribution in [0.4, 0.5) is 0 Å². The van der Waals surface area contributed by atoms with Gasteiger partial charge in [0.05, 0.1) is 18.8 Å². The molecule has 2 aliphatic rings. The van der Waals surface area contributed by atoms with E-state index >= 15 is 0 Å². The van der Waals surface area contributed by atoms with E-state index in [0.717, 1.165) is 45.7 Å². The van der Waals surface area contributed by atoms with Gasteiger partial charge in [0.25, 0.3) is 0 Å². The van der Waals surface area contributed by atoms with Gasteiger partial charge in [0.1, 0.15) is 0 Å². The predicted molar refractivity (Wildman–Crippen MR) is 72.8 cm³/mol. The molecule has 3 atom stereocenters. The van der Waals surface area contributed by atoms with E-state index in [-0.39, 0.29) is 0 Å². The highest BCUT2D eigenvalue weighted by atomic mass is 16.5. The molecular formula is C14H28N2O2. The first-order chi connectivity index (χ1) is 8.66. The van der Waals surface area contributed by atoms with Gasteiger partial charge in [-0.1, -0.05) is 13.8 Å². The lowest BCUT2D eigenvalue weighted by molar-refractivity contribution is -0.0571. The molecule has 0 aromatic heterocycles. The van der Waals surface area contributed by atoms with Crippen molar-refractivity contribution >= 4 is 0 Å². The van der Waals surface area contributed by atoms with Gasteiger partial charge >= 0.3 is 0 Å². The maximum absolute atomic E-state index is 5.84. The lowest BCUT2D eigenvalue weighted by Gasteiger charge is -2.38. The smallest absolute Gasteiger partial charge is 0.0826 e. The minimum Gasteiger partial charge on any atom is -0.378 e. The van der Waals surface area contributed by atoms with Gasteiger partial charge in [-0.2, -0.15) is 0 Å². The zero-order valence-electron chi connectivity index (χ0n) is 12.0. The second-order valence-electron chi connectivity index (χ2n) is 5.97. The third kappa shape index (κ3) is 3.92. The Bertz CT molecular complexity index is 242. The fourth-order valence-electron chi connectivity index (χ4n) is 2.88. The van der Waals surface area contributed by atoms with Crippen LogP contribution in [-0.2, 0) is 9.47 Å². The third-order valence-electron chi connectivity index (χ3n) is 4.15. The van der Waals surface area contributed by atoms with E-state index in [2.05, 4.69) is 31.1 Å². The maximum atomic E-state index is 5.84. The van der Waals surface area contributed by atoms with Crippen LogP contribution >= 0.6 is 0 Å². The minimum atomic E-state index is 0.351. The highest BCUT2D eigenvalue weighted by Crippen LogP contribution is 2.23. The molecule has 0 aliphatic carbocycles. The second-order valence-corrected chi connectivity index (χ2v) is 5.97. The van der Waals surface area contributed by atoms with Gasteiger partial charge in [0.15, 0.2) is 0 Å². The van der Waals surface area contributed by atoms with Crippen molar-refractivity contribution in [3.05, 3.63) is 0 Å². The van der Waals surface area contributed by atoms with E-state index in [1.54, 1.807) is 0 Å². The van der Waals surface area contributed by atoms with Crippen LogP contribution in [0.15, 0.2) is 0 Å². The van der Waals surface area contributed by atoms with E-state index in [1.165, 1.54) is 0 Å². The molecule has 1 N–H and O–H groups in total. The van der Waals surface area contributed by atoms with Crippen LogP contribution in [0.3, 0.4) is 0 Å².